The van der Waals surface area contributed by atoms with Crippen LogP contribution in [-0.2, 0) is 0 Å². The average Bonchev–Trinajstić information content (AvgIpc) is 2.44. The van der Waals surface area contributed by atoms with Crippen molar-refractivity contribution in [2.45, 2.75) is 39.0 Å². The monoisotopic (exact) mass is 278 g/mol. The summed E-state index contributed by atoms with van der Waals surface area (Å²) in [4.78, 5) is 2.12. The zero-order chi connectivity index (χ0) is 14.6. The van der Waals surface area contributed by atoms with E-state index in [1.165, 1.54) is 37.8 Å². The first kappa shape index (κ1) is 16.8. The van der Waals surface area contributed by atoms with E-state index in [1.54, 1.807) is 0 Å². The quantitative estimate of drug-likeness (QED) is 0.619. The first-order valence-corrected chi connectivity index (χ1v) is 7.84. The van der Waals surface area contributed by atoms with Crippen LogP contribution in [0.2, 0.25) is 0 Å². The van der Waals surface area contributed by atoms with Gasteiger partial charge in [0.1, 0.15) is 12.4 Å². The van der Waals surface area contributed by atoms with Gasteiger partial charge in [-0.05, 0) is 44.8 Å². The van der Waals surface area contributed by atoms with E-state index in [4.69, 9.17) is 4.74 Å². The van der Waals surface area contributed by atoms with Crippen molar-refractivity contribution in [2.75, 3.05) is 39.1 Å². The van der Waals surface area contributed by atoms with Crippen molar-refractivity contribution in [3.63, 3.8) is 0 Å². The summed E-state index contributed by atoms with van der Waals surface area (Å²) in [6.07, 6.45) is 6.60. The number of likely N-dealkylation sites (N-methyl/N-ethyl adjacent to an activating group) is 1. The van der Waals surface area contributed by atoms with Gasteiger partial charge in [-0.2, -0.15) is 0 Å². The molecule has 0 saturated heterocycles. The summed E-state index contributed by atoms with van der Waals surface area (Å²) in [6.45, 7) is 4.99. The predicted molar refractivity (Wildman–Crippen MR) is 87.7 cm³/mol. The maximum atomic E-state index is 5.67. The number of anilines is 1. The Kier molecular flexibility index (Phi) is 8.88. The van der Waals surface area contributed by atoms with E-state index in [0.717, 1.165) is 25.4 Å². The second-order valence-electron chi connectivity index (χ2n) is 5.52. The second kappa shape index (κ2) is 10.6. The summed E-state index contributed by atoms with van der Waals surface area (Å²) in [5.41, 5.74) is 1.18. The lowest BCUT2D eigenvalue weighted by molar-refractivity contribution is 0.261. The summed E-state index contributed by atoms with van der Waals surface area (Å²) in [5, 5.41) is 3.46. The van der Waals surface area contributed by atoms with Crippen LogP contribution in [0.3, 0.4) is 0 Å². The van der Waals surface area contributed by atoms with Gasteiger partial charge in [0.25, 0.3) is 0 Å². The largest absolute Gasteiger partial charge is 0.492 e. The molecule has 1 N–H and O–H groups in total. The first-order chi connectivity index (χ1) is 9.72. The topological polar surface area (TPSA) is 24.5 Å². The highest BCUT2D eigenvalue weighted by Crippen LogP contribution is 2.15. The van der Waals surface area contributed by atoms with E-state index in [0.29, 0.717) is 0 Å². The molecular formula is C17H30N2O. The fourth-order valence-corrected chi connectivity index (χ4v) is 1.98. The van der Waals surface area contributed by atoms with E-state index in [-0.39, 0.29) is 0 Å². The molecule has 0 atom stereocenters. The minimum atomic E-state index is 0.733. The van der Waals surface area contributed by atoms with E-state index < -0.39 is 0 Å². The number of hydrogen-bond acceptors (Lipinski definition) is 3. The van der Waals surface area contributed by atoms with Gasteiger partial charge in [-0.3, -0.25) is 0 Å². The molecule has 0 unspecified atom stereocenters. The zero-order valence-corrected chi connectivity index (χ0v) is 13.3. The van der Waals surface area contributed by atoms with Crippen LogP contribution in [0, 0.1) is 0 Å². The fourth-order valence-electron chi connectivity index (χ4n) is 1.98. The third-order valence-electron chi connectivity index (χ3n) is 3.27. The molecule has 20 heavy (non-hydrogen) atoms. The minimum Gasteiger partial charge on any atom is -0.492 e. The summed E-state index contributed by atoms with van der Waals surface area (Å²) in [5.74, 6) is 0.945. The lowest BCUT2D eigenvalue weighted by Crippen LogP contribution is -2.19. The van der Waals surface area contributed by atoms with Crippen molar-refractivity contribution in [3.8, 4) is 5.75 Å². The van der Waals surface area contributed by atoms with Gasteiger partial charge in [0.2, 0.25) is 0 Å². The van der Waals surface area contributed by atoms with Gasteiger partial charge in [0, 0.05) is 18.8 Å². The highest BCUT2D eigenvalue weighted by atomic mass is 16.5. The number of hydrogen-bond donors (Lipinski definition) is 1. The molecule has 0 heterocycles. The molecule has 0 radical (unpaired) electrons. The third-order valence-corrected chi connectivity index (χ3v) is 3.27. The van der Waals surface area contributed by atoms with E-state index >= 15 is 0 Å². The maximum absolute atomic E-state index is 5.67. The van der Waals surface area contributed by atoms with Gasteiger partial charge in [-0.25, -0.2) is 0 Å². The van der Waals surface area contributed by atoms with E-state index in [1.807, 2.05) is 12.1 Å². The Morgan fingerprint density at radius 3 is 2.35 bits per heavy atom. The number of nitrogens with one attached hydrogen (secondary N) is 1. The van der Waals surface area contributed by atoms with Crippen molar-refractivity contribution >= 4 is 5.69 Å². The van der Waals surface area contributed by atoms with Crippen LogP contribution in [0.15, 0.2) is 24.3 Å². The molecule has 1 rings (SSSR count). The molecule has 0 spiro atoms. The molecule has 0 bridgehead atoms. The summed E-state index contributed by atoms with van der Waals surface area (Å²) in [7, 11) is 4.10. The average molecular weight is 278 g/mol. The molecule has 0 aliphatic rings. The van der Waals surface area contributed by atoms with Crippen molar-refractivity contribution in [1.29, 1.82) is 0 Å². The Balaban J connectivity index is 2.15. The molecule has 0 saturated carbocycles. The number of nitrogens with zero attached hydrogens (tertiary/aromatic N) is 1. The lowest BCUT2D eigenvalue weighted by atomic mass is 10.1. The van der Waals surface area contributed by atoms with Crippen LogP contribution < -0.4 is 10.1 Å². The van der Waals surface area contributed by atoms with Crippen molar-refractivity contribution in [2.24, 2.45) is 0 Å². The molecule has 0 aliphatic carbocycles. The molecular weight excluding hydrogens is 248 g/mol. The zero-order valence-electron chi connectivity index (χ0n) is 13.3. The smallest absolute Gasteiger partial charge is 0.119 e. The van der Waals surface area contributed by atoms with E-state index in [2.05, 4.69) is 43.4 Å². The van der Waals surface area contributed by atoms with E-state index in [9.17, 15) is 0 Å². The third kappa shape index (κ3) is 8.05. The van der Waals surface area contributed by atoms with Crippen molar-refractivity contribution in [3.05, 3.63) is 24.3 Å². The molecule has 1 aromatic carbocycles. The normalized spacial score (nSPS) is 10.8. The van der Waals surface area contributed by atoms with Crippen LogP contribution in [0.25, 0.3) is 0 Å². The SMILES string of the molecule is CCCCCCCNc1ccc(OCCN(C)C)cc1. The molecule has 0 fully saturated rings. The fraction of sp³-hybridized carbons (Fsp3) is 0.647. The molecule has 3 nitrogen and oxygen atoms in total. The molecule has 0 aliphatic heterocycles. The van der Waals surface area contributed by atoms with Crippen LogP contribution in [0.1, 0.15) is 39.0 Å². The molecule has 0 aromatic heterocycles. The predicted octanol–water partition coefficient (Wildman–Crippen LogP) is 4.01. The van der Waals surface area contributed by atoms with Crippen molar-refractivity contribution < 1.29 is 4.74 Å². The maximum Gasteiger partial charge on any atom is 0.119 e. The molecule has 114 valence electrons. The number of ether oxygens (including phenoxy) is 1. The molecule has 0 amide bonds. The number of unbranched alkanes of at least 4 members (excludes halogenated alkanes) is 4. The van der Waals surface area contributed by atoms with Crippen LogP contribution in [0.4, 0.5) is 5.69 Å². The Morgan fingerprint density at radius 1 is 1.00 bits per heavy atom. The highest BCUT2D eigenvalue weighted by molar-refractivity contribution is 5.46. The summed E-state index contributed by atoms with van der Waals surface area (Å²) >= 11 is 0. The van der Waals surface area contributed by atoms with Crippen LogP contribution in [-0.4, -0.2) is 38.7 Å². The Hall–Kier alpha value is -1.22. The number of benzene rings is 1. The first-order valence-electron chi connectivity index (χ1n) is 7.84. The second-order valence-corrected chi connectivity index (χ2v) is 5.52. The van der Waals surface area contributed by atoms with Gasteiger partial charge < -0.3 is 15.0 Å². The lowest BCUT2D eigenvalue weighted by Gasteiger charge is -2.11. The van der Waals surface area contributed by atoms with Crippen LogP contribution in [0.5, 0.6) is 5.75 Å². The van der Waals surface area contributed by atoms with Gasteiger partial charge in [-0.15, -0.1) is 0 Å². The van der Waals surface area contributed by atoms with Crippen molar-refractivity contribution in [1.82, 2.24) is 4.90 Å². The van der Waals surface area contributed by atoms with Gasteiger partial charge >= 0.3 is 0 Å². The molecule has 1 aromatic rings. The Bertz CT molecular complexity index is 335. The Morgan fingerprint density at radius 2 is 1.70 bits per heavy atom. The summed E-state index contributed by atoms with van der Waals surface area (Å²) < 4.78 is 5.67. The van der Waals surface area contributed by atoms with Crippen LogP contribution >= 0.6 is 0 Å². The molecule has 3 heteroatoms. The van der Waals surface area contributed by atoms with Gasteiger partial charge in [0.15, 0.2) is 0 Å². The minimum absolute atomic E-state index is 0.733. The Labute approximate surface area is 124 Å². The summed E-state index contributed by atoms with van der Waals surface area (Å²) in [6, 6.07) is 8.26. The number of rotatable bonds is 11. The van der Waals surface area contributed by atoms with Gasteiger partial charge in [-0.1, -0.05) is 32.6 Å². The highest BCUT2D eigenvalue weighted by Gasteiger charge is 1.96. The van der Waals surface area contributed by atoms with Gasteiger partial charge in [0.05, 0.1) is 0 Å². The standard InChI is InChI=1S/C17H30N2O/c1-4-5-6-7-8-13-18-16-9-11-17(12-10-16)20-15-14-19(2)3/h9-12,18H,4-8,13-15H2,1-3H3.